The van der Waals surface area contributed by atoms with Crippen LogP contribution in [-0.2, 0) is 0 Å². The summed E-state index contributed by atoms with van der Waals surface area (Å²) in [7, 11) is 0. The molecule has 0 amide bonds. The van der Waals surface area contributed by atoms with Crippen LogP contribution in [0.1, 0.15) is 29.0 Å². The highest BCUT2D eigenvalue weighted by atomic mass is 35.5. The maximum absolute atomic E-state index is 12.3. The van der Waals surface area contributed by atoms with Crippen LogP contribution in [0, 0.1) is 18.8 Å². The molecule has 0 saturated heterocycles. The molecular weight excluding hydrogens is 264 g/mol. The summed E-state index contributed by atoms with van der Waals surface area (Å²) in [6.45, 7) is 2.01. The van der Waals surface area contributed by atoms with Gasteiger partial charge in [0, 0.05) is 23.5 Å². The molecule has 1 fully saturated rings. The van der Waals surface area contributed by atoms with Crippen molar-refractivity contribution in [1.29, 1.82) is 0 Å². The molecule has 2 aromatic rings. The van der Waals surface area contributed by atoms with E-state index >= 15 is 0 Å². The van der Waals surface area contributed by atoms with Crippen molar-refractivity contribution < 1.29 is 14.3 Å². The number of aliphatic hydroxyl groups is 1. The van der Waals surface area contributed by atoms with Gasteiger partial charge in [0.2, 0.25) is 0 Å². The van der Waals surface area contributed by atoms with Crippen LogP contribution in [0.3, 0.4) is 0 Å². The first-order chi connectivity index (χ1) is 9.10. The van der Waals surface area contributed by atoms with Crippen LogP contribution in [0.25, 0.3) is 11.0 Å². The van der Waals surface area contributed by atoms with Gasteiger partial charge in [0.15, 0.2) is 11.4 Å². The van der Waals surface area contributed by atoms with Gasteiger partial charge in [-0.1, -0.05) is 11.6 Å². The molecule has 100 valence electrons. The van der Waals surface area contributed by atoms with Gasteiger partial charge in [0.05, 0.1) is 5.02 Å². The second-order valence-electron chi connectivity index (χ2n) is 5.21. The van der Waals surface area contributed by atoms with Crippen molar-refractivity contribution in [2.24, 2.45) is 11.8 Å². The molecule has 0 unspecified atom stereocenters. The summed E-state index contributed by atoms with van der Waals surface area (Å²) in [5.41, 5.74) is 1.28. The van der Waals surface area contributed by atoms with Crippen molar-refractivity contribution in [3.8, 4) is 0 Å². The van der Waals surface area contributed by atoms with Crippen LogP contribution in [0.4, 0.5) is 0 Å². The number of carbonyl (C=O) groups excluding carboxylic acids is 1. The van der Waals surface area contributed by atoms with E-state index in [0.717, 1.165) is 17.6 Å². The highest BCUT2D eigenvalue weighted by Crippen LogP contribution is 2.44. The zero-order chi connectivity index (χ0) is 13.6. The van der Waals surface area contributed by atoms with Crippen LogP contribution in [0.5, 0.6) is 0 Å². The normalized spacial score (nSPS) is 21.8. The first kappa shape index (κ1) is 12.7. The van der Waals surface area contributed by atoms with E-state index in [1.54, 1.807) is 6.07 Å². The summed E-state index contributed by atoms with van der Waals surface area (Å²) in [6, 6.07) is 5.41. The molecule has 1 aliphatic rings. The monoisotopic (exact) mass is 278 g/mol. The molecule has 1 aliphatic carbocycles. The third kappa shape index (κ3) is 2.28. The quantitative estimate of drug-likeness (QED) is 0.870. The van der Waals surface area contributed by atoms with Gasteiger partial charge in [-0.15, -0.1) is 0 Å². The molecule has 1 saturated carbocycles. The van der Waals surface area contributed by atoms with Crippen molar-refractivity contribution in [1.82, 2.24) is 0 Å². The lowest BCUT2D eigenvalue weighted by atomic mass is 10.0. The number of halogens is 1. The summed E-state index contributed by atoms with van der Waals surface area (Å²) in [6.07, 6.45) is 1.58. The van der Waals surface area contributed by atoms with Crippen molar-refractivity contribution in [2.45, 2.75) is 19.8 Å². The Morgan fingerprint density at radius 1 is 1.47 bits per heavy atom. The second kappa shape index (κ2) is 4.66. The minimum Gasteiger partial charge on any atom is -0.460 e. The van der Waals surface area contributed by atoms with Crippen LogP contribution in [-0.4, -0.2) is 17.5 Å². The van der Waals surface area contributed by atoms with Crippen LogP contribution < -0.4 is 0 Å². The highest BCUT2D eigenvalue weighted by Gasteiger charge is 2.42. The summed E-state index contributed by atoms with van der Waals surface area (Å²) >= 11 is 6.16. The molecule has 1 aromatic heterocycles. The fourth-order valence-electron chi connectivity index (χ4n) is 2.65. The molecule has 2 atom stereocenters. The second-order valence-corrected chi connectivity index (χ2v) is 5.62. The Hall–Kier alpha value is -1.32. The zero-order valence-corrected chi connectivity index (χ0v) is 11.4. The standard InChI is InChI=1S/C15H15ClO3/c1-8-4-11-5-10(7-13(16)15(11)19-8)14(18)12-6-9(12)2-3-17/h4-5,7,9,12,17H,2-3,6H2,1H3/t9-,12+/m1/s1. The molecule has 0 radical (unpaired) electrons. The fourth-order valence-corrected chi connectivity index (χ4v) is 2.91. The molecule has 3 rings (SSSR count). The number of Topliss-reactive ketones (excluding diaryl/α,β-unsaturated/α-hetero) is 1. The Balaban J connectivity index is 1.91. The Bertz CT molecular complexity index is 644. The molecule has 1 aromatic carbocycles. The van der Waals surface area contributed by atoms with E-state index in [0.29, 0.717) is 28.5 Å². The molecule has 0 bridgehead atoms. The summed E-state index contributed by atoms with van der Waals surface area (Å²) < 4.78 is 5.49. The van der Waals surface area contributed by atoms with Crippen molar-refractivity contribution in [3.05, 3.63) is 34.5 Å². The highest BCUT2D eigenvalue weighted by molar-refractivity contribution is 6.35. The van der Waals surface area contributed by atoms with E-state index in [1.807, 2.05) is 19.1 Å². The number of furan rings is 1. The van der Waals surface area contributed by atoms with Crippen molar-refractivity contribution in [3.63, 3.8) is 0 Å². The molecule has 1 N–H and O–H groups in total. The lowest BCUT2D eigenvalue weighted by Gasteiger charge is -2.02. The average molecular weight is 279 g/mol. The molecular formula is C15H15ClO3. The lowest BCUT2D eigenvalue weighted by molar-refractivity contribution is 0.0959. The Kier molecular flexibility index (Phi) is 3.11. The van der Waals surface area contributed by atoms with Gasteiger partial charge in [0.25, 0.3) is 0 Å². The largest absolute Gasteiger partial charge is 0.460 e. The average Bonchev–Trinajstić information content (AvgIpc) is 3.02. The summed E-state index contributed by atoms with van der Waals surface area (Å²) in [4.78, 5) is 12.3. The van der Waals surface area contributed by atoms with E-state index in [9.17, 15) is 4.79 Å². The first-order valence-electron chi connectivity index (χ1n) is 6.45. The number of aryl methyl sites for hydroxylation is 1. The van der Waals surface area contributed by atoms with Gasteiger partial charge in [-0.3, -0.25) is 4.79 Å². The maximum Gasteiger partial charge on any atom is 0.166 e. The molecule has 1 heterocycles. The van der Waals surface area contributed by atoms with E-state index in [-0.39, 0.29) is 18.3 Å². The number of benzene rings is 1. The van der Waals surface area contributed by atoms with E-state index in [4.69, 9.17) is 21.1 Å². The van der Waals surface area contributed by atoms with Crippen LogP contribution in [0.15, 0.2) is 22.6 Å². The maximum atomic E-state index is 12.3. The van der Waals surface area contributed by atoms with Gasteiger partial charge in [-0.05, 0) is 43.9 Å². The number of aliphatic hydroxyl groups excluding tert-OH is 1. The van der Waals surface area contributed by atoms with Gasteiger partial charge in [0.1, 0.15) is 5.76 Å². The van der Waals surface area contributed by atoms with Gasteiger partial charge >= 0.3 is 0 Å². The number of hydrogen-bond acceptors (Lipinski definition) is 3. The fraction of sp³-hybridized carbons (Fsp3) is 0.400. The molecule has 4 heteroatoms. The van der Waals surface area contributed by atoms with Crippen LogP contribution >= 0.6 is 11.6 Å². The molecule has 19 heavy (non-hydrogen) atoms. The number of hydrogen-bond donors (Lipinski definition) is 1. The van der Waals surface area contributed by atoms with Gasteiger partial charge in [-0.25, -0.2) is 0 Å². The van der Waals surface area contributed by atoms with Gasteiger partial charge in [-0.2, -0.15) is 0 Å². The third-order valence-corrected chi connectivity index (χ3v) is 4.02. The topological polar surface area (TPSA) is 50.4 Å². The van der Waals surface area contributed by atoms with Crippen molar-refractivity contribution >= 4 is 28.4 Å². The van der Waals surface area contributed by atoms with E-state index in [2.05, 4.69) is 0 Å². The predicted molar refractivity (Wildman–Crippen MR) is 73.6 cm³/mol. The number of fused-ring (bicyclic) bond motifs is 1. The summed E-state index contributed by atoms with van der Waals surface area (Å²) in [5.74, 6) is 1.29. The number of ketones is 1. The van der Waals surface area contributed by atoms with Crippen molar-refractivity contribution in [2.75, 3.05) is 6.61 Å². The van der Waals surface area contributed by atoms with Crippen LogP contribution in [0.2, 0.25) is 5.02 Å². The SMILES string of the molecule is Cc1cc2cc(C(=O)[C@H]3C[C@H]3CCO)cc(Cl)c2o1. The zero-order valence-electron chi connectivity index (χ0n) is 10.6. The van der Waals surface area contributed by atoms with Gasteiger partial charge < -0.3 is 9.52 Å². The smallest absolute Gasteiger partial charge is 0.166 e. The Morgan fingerprint density at radius 2 is 2.26 bits per heavy atom. The Labute approximate surface area is 116 Å². The molecule has 3 nitrogen and oxygen atoms in total. The first-order valence-corrected chi connectivity index (χ1v) is 6.82. The minimum atomic E-state index is 0.0497. The number of rotatable bonds is 4. The van der Waals surface area contributed by atoms with E-state index < -0.39 is 0 Å². The minimum absolute atomic E-state index is 0.0497. The predicted octanol–water partition coefficient (Wildman–Crippen LogP) is 3.60. The summed E-state index contributed by atoms with van der Waals surface area (Å²) in [5, 5.41) is 10.2. The third-order valence-electron chi connectivity index (χ3n) is 3.74. The Morgan fingerprint density at radius 3 is 3.00 bits per heavy atom. The molecule has 0 spiro atoms. The molecule has 0 aliphatic heterocycles. The van der Waals surface area contributed by atoms with E-state index in [1.165, 1.54) is 0 Å². The number of carbonyl (C=O) groups is 1. The lowest BCUT2D eigenvalue weighted by Crippen LogP contribution is -2.04.